The number of benzene rings is 1. The van der Waals surface area contributed by atoms with Gasteiger partial charge in [-0.25, -0.2) is 10.3 Å². The van der Waals surface area contributed by atoms with Crippen molar-refractivity contribution in [2.24, 2.45) is 15.7 Å². The van der Waals surface area contributed by atoms with E-state index in [-0.39, 0.29) is 5.96 Å². The van der Waals surface area contributed by atoms with Gasteiger partial charge in [0.25, 0.3) is 0 Å². The van der Waals surface area contributed by atoms with Crippen LogP contribution in [0, 0.1) is 0 Å². The summed E-state index contributed by atoms with van der Waals surface area (Å²) in [6, 6.07) is 9.78. The SMILES string of the molecule is COC(NC1N=C(N)N=C(c2ccccc2)N1C)OC. The summed E-state index contributed by atoms with van der Waals surface area (Å²) >= 11 is 0. The molecule has 7 heteroatoms. The van der Waals surface area contributed by atoms with E-state index in [1.54, 1.807) is 14.2 Å². The Morgan fingerprint density at radius 3 is 2.50 bits per heavy atom. The number of ether oxygens (including phenoxy) is 2. The maximum Gasteiger partial charge on any atom is 0.220 e. The first-order valence-electron chi connectivity index (χ1n) is 6.17. The molecule has 108 valence electrons. The Labute approximate surface area is 118 Å². The van der Waals surface area contributed by atoms with Gasteiger partial charge in [-0.2, -0.15) is 4.99 Å². The maximum atomic E-state index is 5.79. The summed E-state index contributed by atoms with van der Waals surface area (Å²) in [6.07, 6.45) is -0.985. The van der Waals surface area contributed by atoms with E-state index in [4.69, 9.17) is 15.2 Å². The highest BCUT2D eigenvalue weighted by atomic mass is 16.7. The first-order chi connectivity index (χ1) is 9.65. The molecule has 20 heavy (non-hydrogen) atoms. The zero-order valence-corrected chi connectivity index (χ0v) is 11.8. The minimum Gasteiger partial charge on any atom is -0.368 e. The van der Waals surface area contributed by atoms with E-state index in [2.05, 4.69) is 15.3 Å². The van der Waals surface area contributed by atoms with Gasteiger partial charge in [-0.1, -0.05) is 30.3 Å². The van der Waals surface area contributed by atoms with Crippen molar-refractivity contribution >= 4 is 11.8 Å². The third-order valence-corrected chi connectivity index (χ3v) is 2.92. The first-order valence-corrected chi connectivity index (χ1v) is 6.17. The van der Waals surface area contributed by atoms with Crippen molar-refractivity contribution in [2.45, 2.75) is 12.7 Å². The van der Waals surface area contributed by atoms with Crippen LogP contribution in [0.2, 0.25) is 0 Å². The molecular formula is C13H19N5O2. The number of amidine groups is 1. The predicted molar refractivity (Wildman–Crippen MR) is 77.1 cm³/mol. The van der Waals surface area contributed by atoms with Gasteiger partial charge in [0.2, 0.25) is 12.4 Å². The summed E-state index contributed by atoms with van der Waals surface area (Å²) in [5, 5.41) is 3.07. The van der Waals surface area contributed by atoms with Gasteiger partial charge in [0.1, 0.15) is 5.84 Å². The number of nitrogens with one attached hydrogen (secondary N) is 1. The maximum absolute atomic E-state index is 5.79. The van der Waals surface area contributed by atoms with Gasteiger partial charge in [-0.3, -0.25) is 0 Å². The minimum absolute atomic E-state index is 0.213. The Morgan fingerprint density at radius 1 is 1.25 bits per heavy atom. The highest BCUT2D eigenvalue weighted by molar-refractivity contribution is 6.06. The molecule has 1 atom stereocenters. The lowest BCUT2D eigenvalue weighted by molar-refractivity contribution is -0.134. The zero-order valence-electron chi connectivity index (χ0n) is 11.8. The third kappa shape index (κ3) is 3.13. The molecule has 2 rings (SSSR count). The number of nitrogens with two attached hydrogens (primary N) is 1. The normalized spacial score (nSPS) is 19.0. The Kier molecular flexibility index (Phi) is 4.67. The molecule has 0 spiro atoms. The molecule has 0 aromatic heterocycles. The second kappa shape index (κ2) is 6.47. The van der Waals surface area contributed by atoms with E-state index in [0.717, 1.165) is 11.4 Å². The van der Waals surface area contributed by atoms with Gasteiger partial charge in [0.05, 0.1) is 0 Å². The van der Waals surface area contributed by atoms with Crippen LogP contribution in [0.1, 0.15) is 5.56 Å². The molecular weight excluding hydrogens is 258 g/mol. The Bertz CT molecular complexity index is 499. The molecule has 1 heterocycles. The number of guanidine groups is 1. The average molecular weight is 277 g/mol. The van der Waals surface area contributed by atoms with Crippen molar-refractivity contribution in [3.8, 4) is 0 Å². The zero-order chi connectivity index (χ0) is 14.5. The number of aliphatic imine (C=N–C) groups is 2. The summed E-state index contributed by atoms with van der Waals surface area (Å²) in [4.78, 5) is 10.4. The molecule has 0 fully saturated rings. The summed E-state index contributed by atoms with van der Waals surface area (Å²) in [7, 11) is 4.97. The molecule has 0 amide bonds. The standard InChI is InChI=1S/C13H19N5O2/c1-18-10(9-7-5-4-6-8-9)15-11(14)16-12(18)17-13(19-2)20-3/h4-8,12-13,17H,1-3H3,(H2,14,16). The van der Waals surface area contributed by atoms with Crippen molar-refractivity contribution < 1.29 is 9.47 Å². The molecule has 0 saturated carbocycles. The fraction of sp³-hybridized carbons (Fsp3) is 0.385. The Balaban J connectivity index is 2.22. The summed E-state index contributed by atoms with van der Waals surface area (Å²) in [5.41, 5.74) is 6.75. The number of rotatable bonds is 5. The molecule has 1 aliphatic heterocycles. The van der Waals surface area contributed by atoms with E-state index in [0.29, 0.717) is 0 Å². The van der Waals surface area contributed by atoms with Crippen molar-refractivity contribution in [1.82, 2.24) is 10.2 Å². The lowest BCUT2D eigenvalue weighted by Gasteiger charge is -2.33. The molecule has 0 radical (unpaired) electrons. The van der Waals surface area contributed by atoms with Crippen LogP contribution < -0.4 is 11.1 Å². The van der Waals surface area contributed by atoms with Crippen LogP contribution in [0.4, 0.5) is 0 Å². The van der Waals surface area contributed by atoms with Crippen LogP contribution in [0.25, 0.3) is 0 Å². The molecule has 1 unspecified atom stereocenters. The van der Waals surface area contributed by atoms with E-state index in [1.165, 1.54) is 0 Å². The number of hydrogen-bond donors (Lipinski definition) is 2. The second-order valence-corrected chi connectivity index (χ2v) is 4.24. The van der Waals surface area contributed by atoms with E-state index in [9.17, 15) is 0 Å². The van der Waals surface area contributed by atoms with Gasteiger partial charge in [-0.15, -0.1) is 0 Å². The molecule has 0 bridgehead atoms. The summed E-state index contributed by atoms with van der Waals surface area (Å²) < 4.78 is 10.2. The van der Waals surface area contributed by atoms with E-state index < -0.39 is 12.7 Å². The molecule has 3 N–H and O–H groups in total. The smallest absolute Gasteiger partial charge is 0.220 e. The van der Waals surface area contributed by atoms with Gasteiger partial charge in [-0.05, 0) is 0 Å². The van der Waals surface area contributed by atoms with Crippen molar-refractivity contribution in [3.05, 3.63) is 35.9 Å². The Morgan fingerprint density at radius 2 is 1.90 bits per heavy atom. The minimum atomic E-state index is -0.575. The highest BCUT2D eigenvalue weighted by Crippen LogP contribution is 2.12. The largest absolute Gasteiger partial charge is 0.368 e. The summed E-state index contributed by atoms with van der Waals surface area (Å²) in [5.74, 6) is 0.951. The van der Waals surface area contributed by atoms with Crippen LogP contribution in [-0.2, 0) is 9.47 Å². The lowest BCUT2D eigenvalue weighted by atomic mass is 10.2. The fourth-order valence-corrected chi connectivity index (χ4v) is 1.90. The summed E-state index contributed by atoms with van der Waals surface area (Å²) in [6.45, 7) is 0. The number of methoxy groups -OCH3 is 2. The van der Waals surface area contributed by atoms with Crippen LogP contribution in [0.3, 0.4) is 0 Å². The van der Waals surface area contributed by atoms with Gasteiger partial charge >= 0.3 is 0 Å². The van der Waals surface area contributed by atoms with Gasteiger partial charge in [0, 0.05) is 26.8 Å². The predicted octanol–water partition coefficient (Wildman–Crippen LogP) is 0.143. The van der Waals surface area contributed by atoms with Crippen molar-refractivity contribution in [3.63, 3.8) is 0 Å². The number of hydrogen-bond acceptors (Lipinski definition) is 7. The monoisotopic (exact) mass is 277 g/mol. The van der Waals surface area contributed by atoms with E-state index >= 15 is 0 Å². The molecule has 0 saturated heterocycles. The quantitative estimate of drug-likeness (QED) is 0.748. The highest BCUT2D eigenvalue weighted by Gasteiger charge is 2.25. The van der Waals surface area contributed by atoms with Crippen molar-refractivity contribution in [1.29, 1.82) is 0 Å². The molecule has 7 nitrogen and oxygen atoms in total. The van der Waals surface area contributed by atoms with Gasteiger partial charge < -0.3 is 20.1 Å². The lowest BCUT2D eigenvalue weighted by Crippen LogP contribution is -2.53. The van der Waals surface area contributed by atoms with Crippen molar-refractivity contribution in [2.75, 3.05) is 21.3 Å². The average Bonchev–Trinajstić information content (AvgIpc) is 2.48. The van der Waals surface area contributed by atoms with E-state index in [1.807, 2.05) is 42.3 Å². The number of nitrogens with zero attached hydrogens (tertiary/aromatic N) is 3. The molecule has 1 aromatic carbocycles. The van der Waals surface area contributed by atoms with Crippen LogP contribution in [-0.4, -0.2) is 50.7 Å². The molecule has 1 aliphatic rings. The molecule has 1 aromatic rings. The third-order valence-electron chi connectivity index (χ3n) is 2.92. The molecule has 0 aliphatic carbocycles. The first kappa shape index (κ1) is 14.4. The van der Waals surface area contributed by atoms with Crippen LogP contribution in [0.5, 0.6) is 0 Å². The van der Waals surface area contributed by atoms with Crippen LogP contribution in [0.15, 0.2) is 40.3 Å². The topological polar surface area (TPSA) is 84.5 Å². The second-order valence-electron chi connectivity index (χ2n) is 4.24. The Hall–Kier alpha value is -1.96. The fourth-order valence-electron chi connectivity index (χ4n) is 1.90. The van der Waals surface area contributed by atoms with Crippen LogP contribution >= 0.6 is 0 Å². The van der Waals surface area contributed by atoms with Gasteiger partial charge in [0.15, 0.2) is 6.29 Å².